The van der Waals surface area contributed by atoms with Crippen LogP contribution in [0.5, 0.6) is 0 Å². The molecule has 0 fully saturated rings. The van der Waals surface area contributed by atoms with Gasteiger partial charge >= 0.3 is 17.1 Å². The van der Waals surface area contributed by atoms with Crippen LogP contribution in [0.4, 0.5) is 0 Å². The highest BCUT2D eigenvalue weighted by Gasteiger charge is 2.65. The minimum atomic E-state index is -2.79. The summed E-state index contributed by atoms with van der Waals surface area (Å²) in [5.41, 5.74) is 3.82. The van der Waals surface area contributed by atoms with Crippen molar-refractivity contribution in [3.8, 4) is 0 Å². The van der Waals surface area contributed by atoms with Crippen molar-refractivity contribution >= 4 is 17.1 Å². The van der Waals surface area contributed by atoms with Gasteiger partial charge in [0, 0.05) is 26.4 Å². The molecule has 0 aromatic rings. The lowest BCUT2D eigenvalue weighted by Gasteiger charge is -2.48. The summed E-state index contributed by atoms with van der Waals surface area (Å²) in [5.74, 6) is 0. The molecule has 0 spiro atoms. The van der Waals surface area contributed by atoms with Crippen molar-refractivity contribution in [3.05, 3.63) is 24.6 Å². The molecule has 0 saturated heterocycles. The Labute approximate surface area is 158 Å². The van der Waals surface area contributed by atoms with Gasteiger partial charge in [-0.25, -0.2) is 0 Å². The van der Waals surface area contributed by atoms with Gasteiger partial charge in [-0.15, -0.1) is 13.2 Å². The van der Waals surface area contributed by atoms with E-state index in [4.69, 9.17) is 17.7 Å². The Morgan fingerprint density at radius 1 is 0.640 bits per heavy atom. The molecule has 0 atom stereocenters. The molecule has 0 heterocycles. The van der Waals surface area contributed by atoms with E-state index < -0.39 is 21.8 Å². The molecule has 0 aliphatic carbocycles. The van der Waals surface area contributed by atoms with Crippen molar-refractivity contribution in [1.29, 1.82) is 0 Å². The van der Waals surface area contributed by atoms with E-state index in [1.165, 1.54) is 0 Å². The van der Waals surface area contributed by atoms with Crippen LogP contribution in [0, 0.1) is 0 Å². The van der Waals surface area contributed by atoms with E-state index >= 15 is 0 Å². The Kier molecular flexibility index (Phi) is 12.1. The summed E-state index contributed by atoms with van der Waals surface area (Å²) >= 11 is 0. The zero-order chi connectivity index (χ0) is 19.4. The molecule has 0 rings (SSSR count). The maximum Gasteiger partial charge on any atom is 0.372 e. The van der Waals surface area contributed by atoms with Crippen LogP contribution in [-0.4, -0.2) is 43.5 Å². The van der Waals surface area contributed by atoms with Crippen LogP contribution >= 0.6 is 0 Å². The smallest absolute Gasteiger partial charge is 0.372 e. The minimum Gasteiger partial charge on any atom is -0.391 e. The predicted octanol–water partition coefficient (Wildman–Crippen LogP) is 5.35. The van der Waals surface area contributed by atoms with Gasteiger partial charge in [-0.05, 0) is 37.1 Å². The zero-order valence-corrected chi connectivity index (χ0v) is 19.4. The monoisotopic (exact) mass is 388 g/mol. The van der Waals surface area contributed by atoms with E-state index in [0.29, 0.717) is 26.4 Å². The Bertz CT molecular complexity index is 336. The largest absolute Gasteiger partial charge is 0.391 e. The second-order valence-corrected chi connectivity index (χ2v) is 14.4. The first-order valence-electron chi connectivity index (χ1n) is 9.69. The van der Waals surface area contributed by atoms with Crippen LogP contribution in [0.1, 0.15) is 67.2 Å². The lowest BCUT2D eigenvalue weighted by Crippen LogP contribution is -2.65. The fraction of sp³-hybridized carbons (Fsp3) is 0.789. The molecule has 0 aromatic heterocycles. The second-order valence-electron chi connectivity index (χ2n) is 6.76. The van der Waals surface area contributed by atoms with Crippen LogP contribution in [0.3, 0.4) is 0 Å². The molecule has 148 valence electrons. The normalized spacial score (nSPS) is 13.0. The number of hydrogen-bond acceptors (Lipinski definition) is 4. The summed E-state index contributed by atoms with van der Waals surface area (Å²) in [4.78, 5) is 0. The second kappa shape index (κ2) is 12.2. The fourth-order valence-electron chi connectivity index (χ4n) is 2.81. The minimum absolute atomic E-state index is 0.418. The lowest BCUT2D eigenvalue weighted by atomic mass is 10.5. The topological polar surface area (TPSA) is 36.9 Å². The van der Waals surface area contributed by atoms with Crippen LogP contribution in [-0.2, 0) is 17.7 Å². The Morgan fingerprint density at radius 2 is 0.880 bits per heavy atom. The first-order valence-corrected chi connectivity index (χ1v) is 13.5. The first kappa shape index (κ1) is 24.8. The van der Waals surface area contributed by atoms with Gasteiger partial charge in [-0.3, -0.25) is 0 Å². The summed E-state index contributed by atoms with van der Waals surface area (Å²) in [6, 6.07) is 0. The van der Waals surface area contributed by atoms with Gasteiger partial charge in [0.15, 0.2) is 0 Å². The Morgan fingerprint density at radius 3 is 1.04 bits per heavy atom. The van der Waals surface area contributed by atoms with Gasteiger partial charge in [0.2, 0.25) is 0 Å². The van der Waals surface area contributed by atoms with Gasteiger partial charge in [-0.1, -0.05) is 41.5 Å². The predicted molar refractivity (Wildman–Crippen MR) is 111 cm³/mol. The molecule has 0 radical (unpaired) electrons. The van der Waals surface area contributed by atoms with E-state index in [9.17, 15) is 0 Å². The average Bonchev–Trinajstić information content (AvgIpc) is 2.62. The van der Waals surface area contributed by atoms with Crippen molar-refractivity contribution in [2.45, 2.75) is 71.9 Å². The standard InChI is InChI=1S/C19H40O4Si2/c1-9-15-20-24(13-5,21-16-10-2)19(7,8)25(14-6,22-17-11-3)23-18-12-4/h13-14H,5-6,9-12,15-18H2,1-4,7-8H3. The molecule has 0 saturated carbocycles. The lowest BCUT2D eigenvalue weighted by molar-refractivity contribution is 0.131. The highest BCUT2D eigenvalue weighted by atomic mass is 28.4. The molecule has 0 amide bonds. The van der Waals surface area contributed by atoms with Gasteiger partial charge < -0.3 is 17.7 Å². The zero-order valence-electron chi connectivity index (χ0n) is 17.4. The van der Waals surface area contributed by atoms with E-state index in [2.05, 4.69) is 54.7 Å². The molecule has 0 unspecified atom stereocenters. The Hall–Kier alpha value is -0.246. The van der Waals surface area contributed by atoms with Crippen molar-refractivity contribution in [2.75, 3.05) is 26.4 Å². The summed E-state index contributed by atoms with van der Waals surface area (Å²) in [6.45, 7) is 23.5. The molecular weight excluding hydrogens is 348 g/mol. The third-order valence-corrected chi connectivity index (χ3v) is 13.5. The molecule has 0 aliphatic heterocycles. The third-order valence-electron chi connectivity index (χ3n) is 4.36. The van der Waals surface area contributed by atoms with Gasteiger partial charge in [0.25, 0.3) is 0 Å². The van der Waals surface area contributed by atoms with Crippen molar-refractivity contribution < 1.29 is 17.7 Å². The third kappa shape index (κ3) is 5.87. The van der Waals surface area contributed by atoms with Crippen molar-refractivity contribution in [2.24, 2.45) is 0 Å². The van der Waals surface area contributed by atoms with E-state index in [1.54, 1.807) is 0 Å². The van der Waals surface area contributed by atoms with Gasteiger partial charge in [-0.2, -0.15) is 0 Å². The van der Waals surface area contributed by atoms with Gasteiger partial charge in [0.1, 0.15) is 0 Å². The summed E-state index contributed by atoms with van der Waals surface area (Å²) in [7, 11) is -5.58. The molecule has 25 heavy (non-hydrogen) atoms. The molecule has 0 bridgehead atoms. The molecular formula is C19H40O4Si2. The summed E-state index contributed by atoms with van der Waals surface area (Å²) in [6.07, 6.45) is 3.73. The molecule has 0 aliphatic rings. The maximum absolute atomic E-state index is 6.39. The quantitative estimate of drug-likeness (QED) is 0.334. The molecule has 4 nitrogen and oxygen atoms in total. The Balaban J connectivity index is 6.03. The highest BCUT2D eigenvalue weighted by Crippen LogP contribution is 2.49. The molecule has 6 heteroatoms. The number of rotatable bonds is 16. The SMILES string of the molecule is C=C[Si](OCCC)(OCCC)C(C)(C)[Si](C=C)(OCCC)OCCC. The van der Waals surface area contributed by atoms with Crippen molar-refractivity contribution in [3.63, 3.8) is 0 Å². The van der Waals surface area contributed by atoms with Gasteiger partial charge in [0.05, 0.1) is 4.66 Å². The summed E-state index contributed by atoms with van der Waals surface area (Å²) < 4.78 is 25.1. The van der Waals surface area contributed by atoms with Crippen LogP contribution in [0.15, 0.2) is 24.6 Å². The van der Waals surface area contributed by atoms with E-state index in [0.717, 1.165) is 25.7 Å². The molecule has 0 N–H and O–H groups in total. The molecule has 0 aromatic carbocycles. The summed E-state index contributed by atoms with van der Waals surface area (Å²) in [5, 5.41) is 0. The van der Waals surface area contributed by atoms with E-state index in [-0.39, 0.29) is 0 Å². The maximum atomic E-state index is 6.39. The fourth-order valence-corrected chi connectivity index (χ4v) is 11.4. The van der Waals surface area contributed by atoms with Crippen molar-refractivity contribution in [1.82, 2.24) is 0 Å². The number of hydrogen-bond donors (Lipinski definition) is 0. The van der Waals surface area contributed by atoms with Crippen LogP contribution in [0.25, 0.3) is 0 Å². The average molecular weight is 389 g/mol. The highest BCUT2D eigenvalue weighted by molar-refractivity contribution is 6.95. The first-order chi connectivity index (χ1) is 11.9. The van der Waals surface area contributed by atoms with Crippen LogP contribution in [0.2, 0.25) is 4.66 Å². The van der Waals surface area contributed by atoms with E-state index in [1.807, 2.05) is 11.4 Å². The van der Waals surface area contributed by atoms with Crippen LogP contribution < -0.4 is 0 Å².